The van der Waals surface area contributed by atoms with E-state index in [4.69, 9.17) is 4.74 Å². The van der Waals surface area contributed by atoms with Gasteiger partial charge in [-0.25, -0.2) is 0 Å². The van der Waals surface area contributed by atoms with Crippen LogP contribution in [-0.2, 0) is 19.1 Å². The van der Waals surface area contributed by atoms with Crippen molar-refractivity contribution in [3.05, 3.63) is 71.3 Å². The molecule has 0 aliphatic heterocycles. The summed E-state index contributed by atoms with van der Waals surface area (Å²) < 4.78 is 5.18. The third kappa shape index (κ3) is 3.46. The quantitative estimate of drug-likeness (QED) is 0.464. The fourth-order valence-corrected chi connectivity index (χ4v) is 7.46. The van der Waals surface area contributed by atoms with Crippen LogP contribution in [0.15, 0.2) is 65.8 Å². The Kier molecular flexibility index (Phi) is 5.30. The molecule has 0 aromatic heterocycles. The molecular formula is C29H32O4. The number of fused-ring (bicyclic) bond motifs is 5. The van der Waals surface area contributed by atoms with E-state index in [1.165, 1.54) is 23.6 Å². The number of carbonyl (C=O) groups excluding carboxylic acids is 3. The number of ketones is 2. The predicted octanol–water partition coefficient (Wildman–Crippen LogP) is 5.36. The van der Waals surface area contributed by atoms with Crippen molar-refractivity contribution in [3.63, 3.8) is 0 Å². The second-order valence-corrected chi connectivity index (χ2v) is 10.7. The van der Waals surface area contributed by atoms with Crippen LogP contribution in [0.1, 0.15) is 57.9 Å². The maximum Gasteiger partial charge on any atom is 0.303 e. The summed E-state index contributed by atoms with van der Waals surface area (Å²) in [5.41, 5.74) is 3.46. The largest absolute Gasteiger partial charge is 0.458 e. The van der Waals surface area contributed by atoms with E-state index < -0.39 is 5.97 Å². The van der Waals surface area contributed by atoms with Crippen LogP contribution in [0.2, 0.25) is 0 Å². The third-order valence-corrected chi connectivity index (χ3v) is 9.00. The number of carbonyl (C=O) groups is 3. The number of hydrogen-bond acceptors (Lipinski definition) is 4. The Morgan fingerprint density at radius 2 is 1.88 bits per heavy atom. The van der Waals surface area contributed by atoms with Crippen LogP contribution < -0.4 is 0 Å². The molecule has 0 radical (unpaired) electrons. The summed E-state index contributed by atoms with van der Waals surface area (Å²) in [5.74, 6) is 0.402. The summed E-state index contributed by atoms with van der Waals surface area (Å²) in [4.78, 5) is 37.0. The molecule has 0 saturated heterocycles. The normalized spacial score (nSPS) is 36.8. The maximum absolute atomic E-state index is 13.5. The highest BCUT2D eigenvalue weighted by atomic mass is 16.5. The SMILES string of the molecule is CC(=O)OCC(=O)C1[C@H](c2ccccc2)CC2C3CCC4=CC(=O)C=C[C@]4(C)C3=CC[C@@]21C. The number of benzene rings is 1. The molecule has 172 valence electrons. The van der Waals surface area contributed by atoms with Crippen molar-refractivity contribution in [1.82, 2.24) is 0 Å². The number of ether oxygens (including phenoxy) is 1. The Morgan fingerprint density at radius 1 is 1.12 bits per heavy atom. The van der Waals surface area contributed by atoms with Crippen LogP contribution in [0.3, 0.4) is 0 Å². The van der Waals surface area contributed by atoms with Gasteiger partial charge in [0.15, 0.2) is 11.6 Å². The second kappa shape index (κ2) is 7.93. The Labute approximate surface area is 195 Å². The lowest BCUT2D eigenvalue weighted by molar-refractivity contribution is -0.148. The number of hydrogen-bond donors (Lipinski definition) is 0. The van der Waals surface area contributed by atoms with Gasteiger partial charge in [-0.05, 0) is 73.5 Å². The third-order valence-electron chi connectivity index (χ3n) is 9.00. The van der Waals surface area contributed by atoms with E-state index in [1.807, 2.05) is 24.3 Å². The van der Waals surface area contributed by atoms with Crippen LogP contribution in [-0.4, -0.2) is 24.1 Å². The number of allylic oxidation sites excluding steroid dienone is 6. The zero-order valence-corrected chi connectivity index (χ0v) is 19.7. The summed E-state index contributed by atoms with van der Waals surface area (Å²) in [5, 5.41) is 0. The average Bonchev–Trinajstić information content (AvgIpc) is 3.12. The minimum atomic E-state index is -0.414. The van der Waals surface area contributed by atoms with Crippen molar-refractivity contribution in [2.75, 3.05) is 6.61 Å². The first-order valence-electron chi connectivity index (χ1n) is 12.1. The molecule has 0 bridgehead atoms. The zero-order chi connectivity index (χ0) is 23.4. The van der Waals surface area contributed by atoms with Crippen molar-refractivity contribution in [3.8, 4) is 0 Å². The zero-order valence-electron chi connectivity index (χ0n) is 19.7. The molecule has 4 heteroatoms. The molecule has 4 aliphatic carbocycles. The van der Waals surface area contributed by atoms with Crippen molar-refractivity contribution in [2.24, 2.45) is 28.6 Å². The number of Topliss-reactive ketones (excluding diaryl/α,β-unsaturated/α-hetero) is 1. The fraction of sp³-hybridized carbons (Fsp3) is 0.483. The van der Waals surface area contributed by atoms with Gasteiger partial charge in [0.1, 0.15) is 6.61 Å². The van der Waals surface area contributed by atoms with Crippen molar-refractivity contribution in [1.29, 1.82) is 0 Å². The summed E-state index contributed by atoms with van der Waals surface area (Å²) in [6, 6.07) is 10.3. The van der Waals surface area contributed by atoms with E-state index >= 15 is 0 Å². The first-order chi connectivity index (χ1) is 15.7. The standard InChI is InChI=1S/C29H32O4/c1-18(30)33-17-26(32)27-23(19-7-5-4-6-8-19)16-25-22-10-9-20-15-21(31)11-13-28(20,2)24(22)12-14-29(25,27)3/h4-8,11-13,15,22-23,25,27H,9-10,14,16-17H2,1-3H3/t22?,23-,25?,27?,28-,29-/m0/s1. The topological polar surface area (TPSA) is 60.4 Å². The molecule has 3 unspecified atom stereocenters. The predicted molar refractivity (Wildman–Crippen MR) is 126 cm³/mol. The van der Waals surface area contributed by atoms with Gasteiger partial charge in [-0.2, -0.15) is 0 Å². The van der Waals surface area contributed by atoms with E-state index in [1.54, 1.807) is 6.08 Å². The Morgan fingerprint density at radius 3 is 2.61 bits per heavy atom. The fourth-order valence-electron chi connectivity index (χ4n) is 7.46. The van der Waals surface area contributed by atoms with Crippen molar-refractivity contribution >= 4 is 17.5 Å². The molecule has 0 amide bonds. The molecule has 0 N–H and O–H groups in total. The minimum absolute atomic E-state index is 0.0340. The summed E-state index contributed by atoms with van der Waals surface area (Å²) in [6.07, 6.45) is 11.7. The lowest BCUT2D eigenvalue weighted by atomic mass is 9.52. The monoisotopic (exact) mass is 444 g/mol. The van der Waals surface area contributed by atoms with Gasteiger partial charge in [0.05, 0.1) is 0 Å². The summed E-state index contributed by atoms with van der Waals surface area (Å²) >= 11 is 0. The van der Waals surface area contributed by atoms with Gasteiger partial charge in [0.25, 0.3) is 0 Å². The van der Waals surface area contributed by atoms with Crippen LogP contribution in [0.4, 0.5) is 0 Å². The Bertz CT molecular complexity index is 1090. The van der Waals surface area contributed by atoms with E-state index in [-0.39, 0.29) is 40.8 Å². The van der Waals surface area contributed by atoms with Gasteiger partial charge in [0.2, 0.25) is 0 Å². The number of esters is 1. The molecule has 0 spiro atoms. The van der Waals surface area contributed by atoms with Crippen LogP contribution in [0.5, 0.6) is 0 Å². The molecule has 5 rings (SSSR count). The van der Waals surface area contributed by atoms with Gasteiger partial charge < -0.3 is 4.74 Å². The van der Waals surface area contributed by atoms with E-state index in [0.717, 1.165) is 25.7 Å². The van der Waals surface area contributed by atoms with Crippen molar-refractivity contribution < 1.29 is 19.1 Å². The minimum Gasteiger partial charge on any atom is -0.458 e. The molecule has 2 fully saturated rings. The van der Waals surface area contributed by atoms with Gasteiger partial charge >= 0.3 is 5.97 Å². The summed E-state index contributed by atoms with van der Waals surface area (Å²) in [7, 11) is 0. The molecule has 0 heterocycles. The van der Waals surface area contributed by atoms with Gasteiger partial charge in [-0.3, -0.25) is 14.4 Å². The van der Waals surface area contributed by atoms with E-state index in [0.29, 0.717) is 11.8 Å². The first kappa shape index (κ1) is 22.1. The lowest BCUT2D eigenvalue weighted by Crippen LogP contribution is -2.45. The smallest absolute Gasteiger partial charge is 0.303 e. The van der Waals surface area contributed by atoms with Crippen LogP contribution in [0, 0.1) is 28.6 Å². The van der Waals surface area contributed by atoms with Crippen LogP contribution >= 0.6 is 0 Å². The Hall–Kier alpha value is -2.75. The van der Waals surface area contributed by atoms with E-state index in [9.17, 15) is 14.4 Å². The highest BCUT2D eigenvalue weighted by Gasteiger charge is 2.60. The Balaban J connectivity index is 1.54. The molecule has 1 aromatic carbocycles. The van der Waals surface area contributed by atoms with E-state index in [2.05, 4.69) is 38.1 Å². The van der Waals surface area contributed by atoms with Gasteiger partial charge in [-0.15, -0.1) is 0 Å². The van der Waals surface area contributed by atoms with Crippen molar-refractivity contribution in [2.45, 2.75) is 52.4 Å². The first-order valence-corrected chi connectivity index (χ1v) is 12.1. The second-order valence-electron chi connectivity index (χ2n) is 10.7. The van der Waals surface area contributed by atoms with Crippen LogP contribution in [0.25, 0.3) is 0 Å². The molecular weight excluding hydrogens is 412 g/mol. The highest BCUT2D eigenvalue weighted by molar-refractivity contribution is 6.01. The van der Waals surface area contributed by atoms with Gasteiger partial charge in [-0.1, -0.05) is 60.6 Å². The highest BCUT2D eigenvalue weighted by Crippen LogP contribution is 2.66. The average molecular weight is 445 g/mol. The molecule has 33 heavy (non-hydrogen) atoms. The number of rotatable bonds is 4. The molecule has 4 aliphatic rings. The lowest BCUT2D eigenvalue weighted by Gasteiger charge is -2.52. The molecule has 2 saturated carbocycles. The van der Waals surface area contributed by atoms with Gasteiger partial charge in [0, 0.05) is 18.3 Å². The molecule has 4 nitrogen and oxygen atoms in total. The molecule has 1 aromatic rings. The maximum atomic E-state index is 13.5. The molecule has 6 atom stereocenters. The summed E-state index contributed by atoms with van der Waals surface area (Å²) in [6.45, 7) is 5.73.